The molecule has 0 spiro atoms. The molecule has 1 aromatic heterocycles. The molecule has 0 bridgehead atoms. The van der Waals surface area contributed by atoms with Gasteiger partial charge >= 0.3 is 0 Å². The molecule has 0 aliphatic carbocycles. The minimum absolute atomic E-state index is 0.562. The highest BCUT2D eigenvalue weighted by molar-refractivity contribution is 7.98. The van der Waals surface area contributed by atoms with Gasteiger partial charge in [0.25, 0.3) is 0 Å². The van der Waals surface area contributed by atoms with E-state index in [4.69, 9.17) is 17.3 Å². The van der Waals surface area contributed by atoms with Gasteiger partial charge in [0.15, 0.2) is 0 Å². The SMILES string of the molecule is NCc1ccccc1CSc1ncccc1Cl. The van der Waals surface area contributed by atoms with Gasteiger partial charge in [-0.05, 0) is 23.3 Å². The molecule has 88 valence electrons. The van der Waals surface area contributed by atoms with E-state index in [1.165, 1.54) is 11.1 Å². The van der Waals surface area contributed by atoms with E-state index in [1.807, 2.05) is 24.3 Å². The molecular weight excluding hydrogens is 252 g/mol. The smallest absolute Gasteiger partial charge is 0.115 e. The van der Waals surface area contributed by atoms with E-state index in [2.05, 4.69) is 17.1 Å². The minimum Gasteiger partial charge on any atom is -0.326 e. The molecule has 0 aliphatic heterocycles. The van der Waals surface area contributed by atoms with Crippen LogP contribution in [0.15, 0.2) is 47.6 Å². The van der Waals surface area contributed by atoms with Crippen LogP contribution >= 0.6 is 23.4 Å². The van der Waals surface area contributed by atoms with Gasteiger partial charge in [-0.2, -0.15) is 0 Å². The second-order valence-corrected chi connectivity index (χ2v) is 4.92. The highest BCUT2D eigenvalue weighted by Crippen LogP contribution is 2.28. The van der Waals surface area contributed by atoms with Crippen LogP contribution in [-0.4, -0.2) is 4.98 Å². The van der Waals surface area contributed by atoms with Gasteiger partial charge in [-0.1, -0.05) is 35.9 Å². The summed E-state index contributed by atoms with van der Waals surface area (Å²) in [5.41, 5.74) is 8.11. The summed E-state index contributed by atoms with van der Waals surface area (Å²) in [7, 11) is 0. The van der Waals surface area contributed by atoms with Gasteiger partial charge in [-0.3, -0.25) is 0 Å². The summed E-state index contributed by atoms with van der Waals surface area (Å²) < 4.78 is 0. The van der Waals surface area contributed by atoms with Crippen molar-refractivity contribution in [3.8, 4) is 0 Å². The molecule has 2 nitrogen and oxygen atoms in total. The summed E-state index contributed by atoms with van der Waals surface area (Å²) in [5.74, 6) is 0.837. The second kappa shape index (κ2) is 6.05. The van der Waals surface area contributed by atoms with Crippen LogP contribution in [-0.2, 0) is 12.3 Å². The molecule has 0 amide bonds. The number of aromatic nitrogens is 1. The lowest BCUT2D eigenvalue weighted by Crippen LogP contribution is -2.00. The van der Waals surface area contributed by atoms with E-state index < -0.39 is 0 Å². The Kier molecular flexibility index (Phi) is 4.42. The number of benzene rings is 1. The molecule has 2 aromatic rings. The van der Waals surface area contributed by atoms with Crippen LogP contribution in [0.3, 0.4) is 0 Å². The van der Waals surface area contributed by atoms with Crippen LogP contribution in [0, 0.1) is 0 Å². The van der Waals surface area contributed by atoms with Gasteiger partial charge in [-0.25, -0.2) is 4.98 Å². The maximum absolute atomic E-state index is 6.06. The predicted molar refractivity (Wildman–Crippen MR) is 73.1 cm³/mol. The first kappa shape index (κ1) is 12.4. The lowest BCUT2D eigenvalue weighted by molar-refractivity contribution is 1.04. The largest absolute Gasteiger partial charge is 0.326 e. The van der Waals surface area contributed by atoms with Gasteiger partial charge in [0.05, 0.1) is 5.02 Å². The Morgan fingerprint density at radius 2 is 1.88 bits per heavy atom. The molecular formula is C13H13ClN2S. The molecule has 17 heavy (non-hydrogen) atoms. The first-order chi connectivity index (χ1) is 8.31. The van der Waals surface area contributed by atoms with Gasteiger partial charge < -0.3 is 5.73 Å². The average molecular weight is 265 g/mol. The number of hydrogen-bond acceptors (Lipinski definition) is 3. The van der Waals surface area contributed by atoms with Crippen molar-refractivity contribution in [2.24, 2.45) is 5.73 Å². The zero-order valence-electron chi connectivity index (χ0n) is 9.27. The molecule has 2 N–H and O–H groups in total. The topological polar surface area (TPSA) is 38.9 Å². The zero-order chi connectivity index (χ0) is 12.1. The maximum Gasteiger partial charge on any atom is 0.115 e. The highest BCUT2D eigenvalue weighted by atomic mass is 35.5. The Balaban J connectivity index is 2.10. The second-order valence-electron chi connectivity index (χ2n) is 3.55. The molecule has 0 saturated heterocycles. The van der Waals surface area contributed by atoms with Crippen molar-refractivity contribution in [1.82, 2.24) is 4.98 Å². The van der Waals surface area contributed by atoms with E-state index in [9.17, 15) is 0 Å². The number of rotatable bonds is 4. The first-order valence-electron chi connectivity index (χ1n) is 5.31. The molecule has 0 unspecified atom stereocenters. The number of nitrogens with zero attached hydrogens (tertiary/aromatic N) is 1. The fourth-order valence-corrected chi connectivity index (χ4v) is 2.72. The number of halogens is 1. The number of thioether (sulfide) groups is 1. The molecule has 4 heteroatoms. The molecule has 1 aromatic carbocycles. The molecule has 0 aliphatic rings. The van der Waals surface area contributed by atoms with Crippen molar-refractivity contribution in [3.05, 3.63) is 58.7 Å². The Bertz CT molecular complexity index is 502. The quantitative estimate of drug-likeness (QED) is 0.860. The molecule has 0 fully saturated rings. The van der Waals surface area contributed by atoms with Crippen molar-refractivity contribution < 1.29 is 0 Å². The third-order valence-corrected chi connectivity index (χ3v) is 3.90. The van der Waals surface area contributed by atoms with Crippen molar-refractivity contribution in [2.45, 2.75) is 17.3 Å². The number of hydrogen-bond donors (Lipinski definition) is 1. The summed E-state index contributed by atoms with van der Waals surface area (Å²) in [6.45, 7) is 0.562. The van der Waals surface area contributed by atoms with Crippen LogP contribution in [0.1, 0.15) is 11.1 Å². The van der Waals surface area contributed by atoms with Crippen molar-refractivity contribution in [1.29, 1.82) is 0 Å². The first-order valence-corrected chi connectivity index (χ1v) is 6.68. The Morgan fingerprint density at radius 3 is 2.59 bits per heavy atom. The standard InChI is InChI=1S/C13H13ClN2S/c14-12-6-3-7-16-13(12)17-9-11-5-2-1-4-10(11)8-15/h1-7H,8-9,15H2. The van der Waals surface area contributed by atoms with Gasteiger partial charge in [0.1, 0.15) is 5.03 Å². The van der Waals surface area contributed by atoms with E-state index in [-0.39, 0.29) is 0 Å². The molecule has 2 rings (SSSR count). The Hall–Kier alpha value is -1.03. The van der Waals surface area contributed by atoms with Crippen molar-refractivity contribution in [2.75, 3.05) is 0 Å². The van der Waals surface area contributed by atoms with Gasteiger partial charge in [-0.15, -0.1) is 11.8 Å². The van der Waals surface area contributed by atoms with Crippen molar-refractivity contribution >= 4 is 23.4 Å². The van der Waals surface area contributed by atoms with Crippen LogP contribution < -0.4 is 5.73 Å². The third-order valence-electron chi connectivity index (χ3n) is 2.43. The van der Waals surface area contributed by atoms with Crippen molar-refractivity contribution in [3.63, 3.8) is 0 Å². The van der Waals surface area contributed by atoms with Crippen LogP contribution in [0.25, 0.3) is 0 Å². The summed E-state index contributed by atoms with van der Waals surface area (Å²) >= 11 is 7.69. The van der Waals surface area contributed by atoms with Crippen LogP contribution in [0.2, 0.25) is 5.02 Å². The summed E-state index contributed by atoms with van der Waals surface area (Å²) in [5, 5.41) is 1.56. The lowest BCUT2D eigenvalue weighted by atomic mass is 10.1. The van der Waals surface area contributed by atoms with E-state index in [1.54, 1.807) is 18.0 Å². The minimum atomic E-state index is 0.562. The predicted octanol–water partition coefficient (Wildman–Crippen LogP) is 3.49. The fourth-order valence-electron chi connectivity index (χ4n) is 1.52. The molecule has 0 atom stereocenters. The molecule has 1 heterocycles. The summed E-state index contributed by atoms with van der Waals surface area (Å²) in [6, 6.07) is 11.9. The van der Waals surface area contributed by atoms with Crippen LogP contribution in [0.4, 0.5) is 0 Å². The van der Waals surface area contributed by atoms with Gasteiger partial charge in [0, 0.05) is 18.5 Å². The third kappa shape index (κ3) is 3.22. The fraction of sp³-hybridized carbons (Fsp3) is 0.154. The van der Waals surface area contributed by atoms with E-state index in [0.717, 1.165) is 10.8 Å². The number of nitrogens with two attached hydrogens (primary N) is 1. The maximum atomic E-state index is 6.06. The average Bonchev–Trinajstić information content (AvgIpc) is 2.38. The number of pyridine rings is 1. The summed E-state index contributed by atoms with van der Waals surface area (Å²) in [4.78, 5) is 4.25. The Morgan fingerprint density at radius 1 is 1.12 bits per heavy atom. The van der Waals surface area contributed by atoms with Gasteiger partial charge in [0.2, 0.25) is 0 Å². The highest BCUT2D eigenvalue weighted by Gasteiger charge is 2.04. The zero-order valence-corrected chi connectivity index (χ0v) is 10.8. The van der Waals surface area contributed by atoms with E-state index >= 15 is 0 Å². The summed E-state index contributed by atoms with van der Waals surface area (Å²) in [6.07, 6.45) is 1.75. The normalized spacial score (nSPS) is 10.5. The van der Waals surface area contributed by atoms with Crippen LogP contribution in [0.5, 0.6) is 0 Å². The Labute approximate surface area is 110 Å². The molecule has 0 radical (unpaired) electrons. The van der Waals surface area contributed by atoms with E-state index in [0.29, 0.717) is 11.6 Å². The lowest BCUT2D eigenvalue weighted by Gasteiger charge is -2.07. The molecule has 0 saturated carbocycles. The monoisotopic (exact) mass is 264 g/mol.